The van der Waals surface area contributed by atoms with E-state index in [4.69, 9.17) is 0 Å². The number of halogens is 1. The van der Waals surface area contributed by atoms with Crippen LogP contribution in [0.15, 0.2) is 42.5 Å². The van der Waals surface area contributed by atoms with Crippen molar-refractivity contribution in [2.24, 2.45) is 5.92 Å². The molecule has 0 spiro atoms. The number of benzene rings is 2. The predicted octanol–water partition coefficient (Wildman–Crippen LogP) is 4.10. The average Bonchev–Trinajstić information content (AvgIpc) is 3.10. The van der Waals surface area contributed by atoms with Crippen LogP contribution in [0.5, 0.6) is 0 Å². The molecule has 1 aliphatic rings. The molecule has 1 aliphatic heterocycles. The van der Waals surface area contributed by atoms with E-state index in [0.29, 0.717) is 31.5 Å². The van der Waals surface area contributed by atoms with Gasteiger partial charge in [0.15, 0.2) is 0 Å². The van der Waals surface area contributed by atoms with Gasteiger partial charge < -0.3 is 5.32 Å². The van der Waals surface area contributed by atoms with Gasteiger partial charge in [0.2, 0.25) is 0 Å². The Kier molecular flexibility index (Phi) is 6.75. The first-order chi connectivity index (χ1) is 14.3. The Labute approximate surface area is 177 Å². The summed E-state index contributed by atoms with van der Waals surface area (Å²) in [6.45, 7) is 8.98. The molecular weight excluding hydrogens is 381 g/mol. The van der Waals surface area contributed by atoms with Crippen molar-refractivity contribution < 1.29 is 14.0 Å². The summed E-state index contributed by atoms with van der Waals surface area (Å²) >= 11 is 0. The van der Waals surface area contributed by atoms with E-state index >= 15 is 0 Å². The Bertz CT molecular complexity index is 928. The number of aryl methyl sites for hydroxylation is 1. The molecule has 1 heterocycles. The molecule has 0 fully saturated rings. The SMILES string of the molecule is CCN(C(=O)C(CC(C)C)NC(=O)c1cccc(C)c1)N1CCc2cc(F)ccc21. The molecule has 2 aromatic rings. The minimum atomic E-state index is -0.637. The van der Waals surface area contributed by atoms with Gasteiger partial charge in [-0.25, -0.2) is 4.39 Å². The smallest absolute Gasteiger partial charge is 0.263 e. The first-order valence-corrected chi connectivity index (χ1v) is 10.5. The van der Waals surface area contributed by atoms with Gasteiger partial charge in [-0.3, -0.25) is 19.6 Å². The van der Waals surface area contributed by atoms with Crippen molar-refractivity contribution in [2.45, 2.75) is 46.6 Å². The molecule has 0 aromatic heterocycles. The number of hydrazine groups is 1. The van der Waals surface area contributed by atoms with Crippen LogP contribution in [0.1, 0.15) is 48.7 Å². The highest BCUT2D eigenvalue weighted by atomic mass is 19.1. The fourth-order valence-corrected chi connectivity index (χ4v) is 3.95. The number of nitrogens with one attached hydrogen (secondary N) is 1. The van der Waals surface area contributed by atoms with E-state index in [2.05, 4.69) is 5.32 Å². The van der Waals surface area contributed by atoms with Gasteiger partial charge >= 0.3 is 0 Å². The molecule has 1 unspecified atom stereocenters. The van der Waals surface area contributed by atoms with Gasteiger partial charge in [-0.05, 0) is 68.5 Å². The van der Waals surface area contributed by atoms with Crippen LogP contribution in [0.25, 0.3) is 0 Å². The second kappa shape index (κ2) is 9.28. The van der Waals surface area contributed by atoms with Gasteiger partial charge in [0, 0.05) is 18.7 Å². The summed E-state index contributed by atoms with van der Waals surface area (Å²) in [6.07, 6.45) is 1.22. The van der Waals surface area contributed by atoms with E-state index < -0.39 is 6.04 Å². The lowest BCUT2D eigenvalue weighted by Gasteiger charge is -2.36. The molecular formula is C24H30FN3O2. The Morgan fingerprint density at radius 1 is 1.20 bits per heavy atom. The average molecular weight is 412 g/mol. The highest BCUT2D eigenvalue weighted by molar-refractivity contribution is 5.98. The first-order valence-electron chi connectivity index (χ1n) is 10.5. The number of rotatable bonds is 7. The zero-order valence-corrected chi connectivity index (χ0v) is 18.1. The van der Waals surface area contributed by atoms with Crippen molar-refractivity contribution in [3.05, 3.63) is 65.0 Å². The van der Waals surface area contributed by atoms with Crippen LogP contribution in [-0.2, 0) is 11.2 Å². The summed E-state index contributed by atoms with van der Waals surface area (Å²) in [7, 11) is 0. The van der Waals surface area contributed by atoms with Crippen molar-refractivity contribution in [3.8, 4) is 0 Å². The highest BCUT2D eigenvalue weighted by Crippen LogP contribution is 2.30. The fraction of sp³-hybridized carbons (Fsp3) is 0.417. The number of carbonyl (C=O) groups is 2. The van der Waals surface area contributed by atoms with Crippen LogP contribution in [0.3, 0.4) is 0 Å². The number of likely N-dealkylation sites (N-methyl/N-ethyl adjacent to an activating group) is 1. The van der Waals surface area contributed by atoms with E-state index in [-0.39, 0.29) is 23.5 Å². The summed E-state index contributed by atoms with van der Waals surface area (Å²) in [5, 5.41) is 6.53. The second-order valence-electron chi connectivity index (χ2n) is 8.23. The molecule has 160 valence electrons. The quantitative estimate of drug-likeness (QED) is 0.746. The van der Waals surface area contributed by atoms with E-state index in [1.807, 2.05) is 50.9 Å². The Balaban J connectivity index is 1.82. The van der Waals surface area contributed by atoms with Crippen LogP contribution >= 0.6 is 0 Å². The molecule has 30 heavy (non-hydrogen) atoms. The summed E-state index contributed by atoms with van der Waals surface area (Å²) in [6, 6.07) is 11.4. The van der Waals surface area contributed by atoms with Crippen molar-refractivity contribution in [1.82, 2.24) is 10.3 Å². The Morgan fingerprint density at radius 2 is 1.97 bits per heavy atom. The predicted molar refractivity (Wildman–Crippen MR) is 117 cm³/mol. The van der Waals surface area contributed by atoms with Crippen molar-refractivity contribution >= 4 is 17.5 Å². The zero-order chi connectivity index (χ0) is 21.8. The summed E-state index contributed by atoms with van der Waals surface area (Å²) < 4.78 is 13.6. The van der Waals surface area contributed by atoms with Gasteiger partial charge in [-0.15, -0.1) is 0 Å². The molecule has 2 amide bonds. The molecule has 0 bridgehead atoms. The molecule has 0 saturated heterocycles. The van der Waals surface area contributed by atoms with E-state index in [0.717, 1.165) is 16.8 Å². The first kappa shape index (κ1) is 21.8. The number of fused-ring (bicyclic) bond motifs is 1. The standard InChI is InChI=1S/C24H30FN3O2/c1-5-27(28-12-11-18-15-20(25)9-10-22(18)28)24(30)21(13-16(2)3)26-23(29)19-8-6-7-17(4)14-19/h6-10,14-16,21H,5,11-13H2,1-4H3,(H,26,29). The normalized spacial score (nSPS) is 13.9. The minimum Gasteiger partial charge on any atom is -0.340 e. The maximum atomic E-state index is 13.6. The monoisotopic (exact) mass is 411 g/mol. The maximum absolute atomic E-state index is 13.6. The zero-order valence-electron chi connectivity index (χ0n) is 18.1. The van der Waals surface area contributed by atoms with E-state index in [1.165, 1.54) is 12.1 Å². The molecule has 6 heteroatoms. The Hall–Kier alpha value is -2.89. The molecule has 1 N–H and O–H groups in total. The lowest BCUT2D eigenvalue weighted by atomic mass is 10.0. The minimum absolute atomic E-state index is 0.149. The molecule has 1 atom stereocenters. The molecule has 0 saturated carbocycles. The molecule has 5 nitrogen and oxygen atoms in total. The van der Waals surface area contributed by atoms with Crippen LogP contribution in [0.2, 0.25) is 0 Å². The number of hydrogen-bond acceptors (Lipinski definition) is 3. The topological polar surface area (TPSA) is 52.7 Å². The van der Waals surface area contributed by atoms with E-state index in [9.17, 15) is 14.0 Å². The van der Waals surface area contributed by atoms with Gasteiger partial charge in [-0.2, -0.15) is 0 Å². The maximum Gasteiger partial charge on any atom is 0.263 e. The molecule has 0 radical (unpaired) electrons. The number of carbonyl (C=O) groups excluding carboxylic acids is 2. The second-order valence-corrected chi connectivity index (χ2v) is 8.23. The lowest BCUT2D eigenvalue weighted by Crippen LogP contribution is -2.55. The van der Waals surface area contributed by atoms with Crippen molar-refractivity contribution in [1.29, 1.82) is 0 Å². The number of nitrogens with zero attached hydrogens (tertiary/aromatic N) is 2. The molecule has 0 aliphatic carbocycles. The van der Waals surface area contributed by atoms with E-state index in [1.54, 1.807) is 17.1 Å². The van der Waals surface area contributed by atoms with Crippen LogP contribution in [0, 0.1) is 18.7 Å². The van der Waals surface area contributed by atoms with Crippen LogP contribution < -0.4 is 10.3 Å². The summed E-state index contributed by atoms with van der Waals surface area (Å²) in [5.74, 6) is -0.439. The van der Waals surface area contributed by atoms with Crippen LogP contribution in [-0.4, -0.2) is 36.0 Å². The largest absolute Gasteiger partial charge is 0.340 e. The van der Waals surface area contributed by atoms with Crippen molar-refractivity contribution in [2.75, 3.05) is 18.1 Å². The van der Waals surface area contributed by atoms with Gasteiger partial charge in [0.25, 0.3) is 11.8 Å². The number of hydrogen-bond donors (Lipinski definition) is 1. The summed E-state index contributed by atoms with van der Waals surface area (Å²) in [4.78, 5) is 26.3. The Morgan fingerprint density at radius 3 is 2.63 bits per heavy atom. The number of anilines is 1. The third-order valence-electron chi connectivity index (χ3n) is 5.35. The van der Waals surface area contributed by atoms with Gasteiger partial charge in [0.1, 0.15) is 11.9 Å². The summed E-state index contributed by atoms with van der Waals surface area (Å²) in [5.41, 5.74) is 3.28. The molecule has 2 aromatic carbocycles. The van der Waals surface area contributed by atoms with Crippen molar-refractivity contribution in [3.63, 3.8) is 0 Å². The number of amides is 2. The lowest BCUT2D eigenvalue weighted by molar-refractivity contribution is -0.134. The highest BCUT2D eigenvalue weighted by Gasteiger charge is 2.32. The van der Waals surface area contributed by atoms with Gasteiger partial charge in [0.05, 0.1) is 5.69 Å². The third-order valence-corrected chi connectivity index (χ3v) is 5.35. The van der Waals surface area contributed by atoms with Gasteiger partial charge in [-0.1, -0.05) is 31.5 Å². The van der Waals surface area contributed by atoms with Crippen LogP contribution in [0.4, 0.5) is 10.1 Å². The molecule has 3 rings (SSSR count). The fourth-order valence-electron chi connectivity index (χ4n) is 3.95. The third kappa shape index (κ3) is 4.81.